The highest BCUT2D eigenvalue weighted by Gasteiger charge is 2.22. The van der Waals surface area contributed by atoms with Gasteiger partial charge in [0.1, 0.15) is 11.3 Å². The Labute approximate surface area is 112 Å². The number of piperidine rings is 1. The van der Waals surface area contributed by atoms with Gasteiger partial charge >= 0.3 is 0 Å². The molecule has 0 spiro atoms. The van der Waals surface area contributed by atoms with Crippen LogP contribution in [-0.4, -0.2) is 41.4 Å². The van der Waals surface area contributed by atoms with Gasteiger partial charge in [-0.25, -0.2) is 4.98 Å². The van der Waals surface area contributed by atoms with E-state index < -0.39 is 0 Å². The van der Waals surface area contributed by atoms with Crippen molar-refractivity contribution in [1.82, 2.24) is 14.9 Å². The summed E-state index contributed by atoms with van der Waals surface area (Å²) in [6, 6.07) is 5.78. The molecular formula is C14H18N4O. The number of carbonyl (C=O) groups excluding carboxylic acids is 1. The van der Waals surface area contributed by atoms with Crippen molar-refractivity contribution in [3.63, 3.8) is 0 Å². The summed E-state index contributed by atoms with van der Waals surface area (Å²) in [5, 5.41) is 2.70. The fourth-order valence-electron chi connectivity index (χ4n) is 2.81. The van der Waals surface area contributed by atoms with Gasteiger partial charge < -0.3 is 15.2 Å². The lowest BCUT2D eigenvalue weighted by atomic mass is 9.98. The second-order valence-electron chi connectivity index (χ2n) is 5.19. The van der Waals surface area contributed by atoms with E-state index >= 15 is 0 Å². The summed E-state index contributed by atoms with van der Waals surface area (Å²) in [5.41, 5.74) is 2.59. The molecule has 1 amide bonds. The number of fused-ring (bicyclic) bond motifs is 1. The van der Waals surface area contributed by atoms with E-state index in [4.69, 9.17) is 0 Å². The summed E-state index contributed by atoms with van der Waals surface area (Å²) >= 11 is 0. The van der Waals surface area contributed by atoms with Crippen molar-refractivity contribution < 1.29 is 4.79 Å². The third-order valence-electron chi connectivity index (χ3n) is 3.76. The van der Waals surface area contributed by atoms with Gasteiger partial charge in [0.05, 0.1) is 11.2 Å². The lowest BCUT2D eigenvalue weighted by Gasteiger charge is -2.28. The minimum atomic E-state index is 0.454. The van der Waals surface area contributed by atoms with E-state index in [0.717, 1.165) is 35.6 Å². The molecule has 0 saturated carbocycles. The number of H-pyrrole nitrogens is 1. The molecule has 1 unspecified atom stereocenters. The van der Waals surface area contributed by atoms with Gasteiger partial charge in [-0.1, -0.05) is 6.07 Å². The molecule has 0 bridgehead atoms. The number of hydrogen-bond donors (Lipinski definition) is 2. The highest BCUT2D eigenvalue weighted by molar-refractivity contribution is 5.92. The lowest BCUT2D eigenvalue weighted by molar-refractivity contribution is -0.105. The molecule has 0 radical (unpaired) electrons. The maximum Gasteiger partial charge on any atom is 0.211 e. The molecule has 2 heterocycles. The Morgan fingerprint density at radius 2 is 2.42 bits per heavy atom. The number of hydrogen-bond acceptors (Lipinski definition) is 3. The molecule has 100 valence electrons. The smallest absolute Gasteiger partial charge is 0.211 e. The molecule has 5 heteroatoms. The quantitative estimate of drug-likeness (QED) is 0.827. The topological polar surface area (TPSA) is 61.0 Å². The van der Waals surface area contributed by atoms with Crippen LogP contribution in [0.2, 0.25) is 0 Å². The van der Waals surface area contributed by atoms with Gasteiger partial charge in [-0.2, -0.15) is 0 Å². The first-order chi connectivity index (χ1) is 9.28. The van der Waals surface area contributed by atoms with Crippen LogP contribution in [0, 0.1) is 0 Å². The Bertz CT molecular complexity index is 592. The number of aromatic nitrogens is 2. The molecule has 19 heavy (non-hydrogen) atoms. The van der Waals surface area contributed by atoms with E-state index in [1.807, 2.05) is 18.2 Å². The third-order valence-corrected chi connectivity index (χ3v) is 3.76. The maximum atomic E-state index is 10.6. The Morgan fingerprint density at radius 3 is 3.21 bits per heavy atom. The van der Waals surface area contributed by atoms with Crippen LogP contribution in [0.3, 0.4) is 0 Å². The molecule has 1 atom stereocenters. The number of para-hydroxylation sites is 1. The van der Waals surface area contributed by atoms with Crippen LogP contribution in [0.5, 0.6) is 0 Å². The van der Waals surface area contributed by atoms with Crippen LogP contribution in [0.4, 0.5) is 5.69 Å². The number of imidazole rings is 1. The predicted octanol–water partition coefficient (Wildman–Crippen LogP) is 1.94. The second-order valence-corrected chi connectivity index (χ2v) is 5.19. The van der Waals surface area contributed by atoms with Crippen molar-refractivity contribution in [2.75, 3.05) is 25.5 Å². The number of anilines is 1. The Balaban J connectivity index is 1.96. The zero-order valence-electron chi connectivity index (χ0n) is 11.0. The molecule has 0 aliphatic carbocycles. The fraction of sp³-hybridized carbons (Fsp3) is 0.429. The predicted molar refractivity (Wildman–Crippen MR) is 75.3 cm³/mol. The lowest BCUT2D eigenvalue weighted by Crippen LogP contribution is -2.31. The molecule has 1 aliphatic heterocycles. The van der Waals surface area contributed by atoms with E-state index in [2.05, 4.69) is 27.2 Å². The van der Waals surface area contributed by atoms with Crippen LogP contribution in [0.1, 0.15) is 24.6 Å². The molecule has 1 fully saturated rings. The number of aromatic amines is 1. The first-order valence-corrected chi connectivity index (χ1v) is 6.65. The number of nitrogens with one attached hydrogen (secondary N) is 2. The number of nitrogens with zero attached hydrogens (tertiary/aromatic N) is 2. The van der Waals surface area contributed by atoms with Crippen molar-refractivity contribution in [2.45, 2.75) is 18.8 Å². The molecule has 5 nitrogen and oxygen atoms in total. The minimum Gasteiger partial charge on any atom is -0.342 e. The largest absolute Gasteiger partial charge is 0.342 e. The number of likely N-dealkylation sites (tertiary alicyclic amines) is 1. The van der Waals surface area contributed by atoms with E-state index in [-0.39, 0.29) is 0 Å². The van der Waals surface area contributed by atoms with Gasteiger partial charge in [0.15, 0.2) is 0 Å². The first-order valence-electron chi connectivity index (χ1n) is 6.65. The molecule has 1 aromatic heterocycles. The summed E-state index contributed by atoms with van der Waals surface area (Å²) in [5.74, 6) is 1.48. The van der Waals surface area contributed by atoms with Crippen molar-refractivity contribution in [2.24, 2.45) is 0 Å². The summed E-state index contributed by atoms with van der Waals surface area (Å²) < 4.78 is 0. The molecule has 2 N–H and O–H groups in total. The summed E-state index contributed by atoms with van der Waals surface area (Å²) in [7, 11) is 2.15. The van der Waals surface area contributed by atoms with E-state index in [0.29, 0.717) is 12.3 Å². The van der Waals surface area contributed by atoms with Crippen molar-refractivity contribution in [3.8, 4) is 0 Å². The van der Waals surface area contributed by atoms with Gasteiger partial charge in [0, 0.05) is 12.5 Å². The number of carbonyl (C=O) groups is 1. The van der Waals surface area contributed by atoms with Gasteiger partial charge in [-0.15, -0.1) is 0 Å². The number of likely N-dealkylation sites (N-methyl/N-ethyl adjacent to an activating group) is 1. The summed E-state index contributed by atoms with van der Waals surface area (Å²) in [6.45, 7) is 2.20. The molecule has 1 aromatic carbocycles. The second kappa shape index (κ2) is 5.01. The van der Waals surface area contributed by atoms with Crippen molar-refractivity contribution >= 4 is 23.1 Å². The molecule has 2 aromatic rings. The summed E-state index contributed by atoms with van der Waals surface area (Å²) in [4.78, 5) is 21.0. The number of rotatable bonds is 3. The van der Waals surface area contributed by atoms with E-state index in [9.17, 15) is 4.79 Å². The van der Waals surface area contributed by atoms with Gasteiger partial charge in [0.2, 0.25) is 6.41 Å². The van der Waals surface area contributed by atoms with Gasteiger partial charge in [-0.05, 0) is 38.6 Å². The highest BCUT2D eigenvalue weighted by atomic mass is 16.1. The first kappa shape index (κ1) is 12.2. The highest BCUT2D eigenvalue weighted by Crippen LogP contribution is 2.28. The maximum absolute atomic E-state index is 10.6. The van der Waals surface area contributed by atoms with Gasteiger partial charge in [-0.3, -0.25) is 4.79 Å². The summed E-state index contributed by atoms with van der Waals surface area (Å²) in [6.07, 6.45) is 3.07. The third kappa shape index (κ3) is 2.33. The van der Waals surface area contributed by atoms with Crippen LogP contribution in [0.15, 0.2) is 18.2 Å². The monoisotopic (exact) mass is 258 g/mol. The molecule has 1 aliphatic rings. The SMILES string of the molecule is CN1CCCC(c2nc3c(NC=O)cccc3[nH]2)C1. The number of benzene rings is 1. The van der Waals surface area contributed by atoms with Crippen LogP contribution in [-0.2, 0) is 4.79 Å². The average Bonchev–Trinajstić information content (AvgIpc) is 2.84. The standard InChI is InChI=1S/C14H18N4O/c1-18-7-3-4-10(8-18)14-16-12-6-2-5-11(15-9-19)13(12)17-14/h2,5-6,9-10H,3-4,7-8H2,1H3,(H,15,19)(H,16,17). The average molecular weight is 258 g/mol. The Hall–Kier alpha value is -1.88. The normalized spacial score (nSPS) is 20.6. The van der Waals surface area contributed by atoms with Crippen LogP contribution < -0.4 is 5.32 Å². The Kier molecular flexibility index (Phi) is 3.21. The molecular weight excluding hydrogens is 240 g/mol. The fourth-order valence-corrected chi connectivity index (χ4v) is 2.81. The van der Waals surface area contributed by atoms with E-state index in [1.54, 1.807) is 0 Å². The van der Waals surface area contributed by atoms with E-state index in [1.165, 1.54) is 12.8 Å². The van der Waals surface area contributed by atoms with Gasteiger partial charge in [0.25, 0.3) is 0 Å². The minimum absolute atomic E-state index is 0.454. The number of amides is 1. The molecule has 1 saturated heterocycles. The van der Waals surface area contributed by atoms with Crippen molar-refractivity contribution in [1.29, 1.82) is 0 Å². The van der Waals surface area contributed by atoms with Crippen LogP contribution >= 0.6 is 0 Å². The van der Waals surface area contributed by atoms with Crippen LogP contribution in [0.25, 0.3) is 11.0 Å². The Morgan fingerprint density at radius 1 is 1.53 bits per heavy atom. The zero-order valence-corrected chi connectivity index (χ0v) is 11.0. The van der Waals surface area contributed by atoms with Crippen molar-refractivity contribution in [3.05, 3.63) is 24.0 Å². The zero-order chi connectivity index (χ0) is 13.2. The molecule has 3 rings (SSSR count).